The van der Waals surface area contributed by atoms with E-state index in [0.29, 0.717) is 11.3 Å². The molecule has 7 nitrogen and oxygen atoms in total. The first kappa shape index (κ1) is 16.7. The zero-order chi connectivity index (χ0) is 17.4. The van der Waals surface area contributed by atoms with E-state index in [1.807, 2.05) is 6.07 Å². The second kappa shape index (κ2) is 8.10. The second-order valence-electron chi connectivity index (χ2n) is 4.74. The Kier molecular flexibility index (Phi) is 5.64. The van der Waals surface area contributed by atoms with Gasteiger partial charge in [-0.25, -0.2) is 5.43 Å². The van der Waals surface area contributed by atoms with Crippen LogP contribution in [0, 0.1) is 11.3 Å². The van der Waals surface area contributed by atoms with E-state index in [0.717, 1.165) is 5.56 Å². The molecule has 3 N–H and O–H groups in total. The highest BCUT2D eigenvalue weighted by molar-refractivity contribution is 6.39. The molecule has 0 aliphatic heterocycles. The summed E-state index contributed by atoms with van der Waals surface area (Å²) in [5.74, 6) is -1.81. The molecule has 0 saturated heterocycles. The molecular formula is C17H14N4O3. The van der Waals surface area contributed by atoms with Crippen LogP contribution in [0.1, 0.15) is 11.1 Å². The number of hydrogen-bond donors (Lipinski definition) is 3. The predicted octanol–water partition coefficient (Wildman–Crippen LogP) is 1.55. The molecule has 120 valence electrons. The van der Waals surface area contributed by atoms with Crippen molar-refractivity contribution in [1.29, 1.82) is 5.26 Å². The van der Waals surface area contributed by atoms with Gasteiger partial charge in [0.1, 0.15) is 5.75 Å². The summed E-state index contributed by atoms with van der Waals surface area (Å²) < 4.78 is 0. The number of benzene rings is 2. The van der Waals surface area contributed by atoms with E-state index in [1.54, 1.807) is 42.5 Å². The average molecular weight is 322 g/mol. The zero-order valence-corrected chi connectivity index (χ0v) is 12.6. The van der Waals surface area contributed by atoms with Crippen LogP contribution in [-0.4, -0.2) is 23.1 Å². The van der Waals surface area contributed by atoms with Gasteiger partial charge in [0.05, 0.1) is 18.7 Å². The second-order valence-corrected chi connectivity index (χ2v) is 4.74. The lowest BCUT2D eigenvalue weighted by Crippen LogP contribution is -2.32. The minimum atomic E-state index is -0.942. The highest BCUT2D eigenvalue weighted by atomic mass is 16.3. The Morgan fingerprint density at radius 2 is 1.83 bits per heavy atom. The topological polar surface area (TPSA) is 115 Å². The van der Waals surface area contributed by atoms with Gasteiger partial charge in [0.15, 0.2) is 0 Å². The van der Waals surface area contributed by atoms with Crippen LogP contribution < -0.4 is 10.7 Å². The van der Waals surface area contributed by atoms with Crippen LogP contribution in [0.15, 0.2) is 53.6 Å². The normalized spacial score (nSPS) is 10.1. The van der Waals surface area contributed by atoms with Crippen molar-refractivity contribution in [2.45, 2.75) is 6.42 Å². The molecule has 0 fully saturated rings. The number of carbonyl (C=O) groups excluding carboxylic acids is 2. The summed E-state index contributed by atoms with van der Waals surface area (Å²) in [4.78, 5) is 23.4. The number of carbonyl (C=O) groups is 2. The summed E-state index contributed by atoms with van der Waals surface area (Å²) in [6.07, 6.45) is 1.51. The fourth-order valence-electron chi connectivity index (χ4n) is 1.79. The number of phenols is 1. The van der Waals surface area contributed by atoms with Gasteiger partial charge < -0.3 is 10.4 Å². The molecule has 0 aromatic heterocycles. The number of phenolic OH excluding ortho intramolecular Hbond substituents is 1. The molecule has 0 bridgehead atoms. The first-order chi connectivity index (χ1) is 11.6. The number of nitrogens with zero attached hydrogens (tertiary/aromatic N) is 2. The molecule has 0 aliphatic carbocycles. The SMILES string of the molecule is N#CCc1ccc(NC(=O)C(=O)NN=Cc2ccccc2O)cc1. The number of para-hydroxylation sites is 1. The molecule has 0 saturated carbocycles. The number of aromatic hydroxyl groups is 1. The van der Waals surface area contributed by atoms with Gasteiger partial charge in [-0.15, -0.1) is 0 Å². The summed E-state index contributed by atoms with van der Waals surface area (Å²) in [6, 6.07) is 15.0. The lowest BCUT2D eigenvalue weighted by molar-refractivity contribution is -0.136. The Balaban J connectivity index is 1.89. The molecular weight excluding hydrogens is 308 g/mol. The van der Waals surface area contributed by atoms with E-state index in [2.05, 4.69) is 15.8 Å². The van der Waals surface area contributed by atoms with Crippen LogP contribution in [0.2, 0.25) is 0 Å². The van der Waals surface area contributed by atoms with Crippen LogP contribution in [0.3, 0.4) is 0 Å². The third-order valence-electron chi connectivity index (χ3n) is 3.01. The first-order valence-corrected chi connectivity index (χ1v) is 6.98. The van der Waals surface area contributed by atoms with Gasteiger partial charge in [0, 0.05) is 11.3 Å². The molecule has 7 heteroatoms. The van der Waals surface area contributed by atoms with Crippen LogP contribution in [0.4, 0.5) is 5.69 Å². The van der Waals surface area contributed by atoms with Gasteiger partial charge in [-0.2, -0.15) is 10.4 Å². The summed E-state index contributed by atoms with van der Waals surface area (Å²) >= 11 is 0. The maximum Gasteiger partial charge on any atom is 0.329 e. The Morgan fingerprint density at radius 1 is 1.12 bits per heavy atom. The number of rotatable bonds is 4. The molecule has 2 aromatic carbocycles. The summed E-state index contributed by atoms with van der Waals surface area (Å²) in [5, 5.41) is 24.2. The third kappa shape index (κ3) is 4.68. The molecule has 0 unspecified atom stereocenters. The average Bonchev–Trinajstić information content (AvgIpc) is 2.58. The maximum atomic E-state index is 11.7. The minimum absolute atomic E-state index is 0.0115. The van der Waals surface area contributed by atoms with Crippen LogP contribution >= 0.6 is 0 Å². The highest BCUT2D eigenvalue weighted by Gasteiger charge is 2.12. The number of hydrazone groups is 1. The molecule has 0 heterocycles. The number of amides is 2. The third-order valence-corrected chi connectivity index (χ3v) is 3.01. The van der Waals surface area contributed by atoms with Crippen molar-refractivity contribution in [3.8, 4) is 11.8 Å². The number of anilines is 1. The van der Waals surface area contributed by atoms with E-state index < -0.39 is 11.8 Å². The van der Waals surface area contributed by atoms with Crippen LogP contribution in [0.5, 0.6) is 5.75 Å². The lowest BCUT2D eigenvalue weighted by Gasteiger charge is -2.04. The van der Waals surface area contributed by atoms with Gasteiger partial charge in [0.25, 0.3) is 0 Å². The number of nitriles is 1. The molecule has 2 rings (SSSR count). The Hall–Kier alpha value is -3.66. The zero-order valence-electron chi connectivity index (χ0n) is 12.6. The Labute approximate surface area is 138 Å². The van der Waals surface area contributed by atoms with Crippen molar-refractivity contribution in [2.24, 2.45) is 5.10 Å². The maximum absolute atomic E-state index is 11.7. The molecule has 0 spiro atoms. The molecule has 0 aliphatic rings. The van der Waals surface area contributed by atoms with E-state index in [1.165, 1.54) is 12.3 Å². The van der Waals surface area contributed by atoms with Crippen molar-refractivity contribution in [3.63, 3.8) is 0 Å². The van der Waals surface area contributed by atoms with Crippen molar-refractivity contribution in [1.82, 2.24) is 5.43 Å². The fraction of sp³-hybridized carbons (Fsp3) is 0.0588. The fourth-order valence-corrected chi connectivity index (χ4v) is 1.79. The quantitative estimate of drug-likeness (QED) is 0.450. The van der Waals surface area contributed by atoms with E-state index in [4.69, 9.17) is 5.26 Å². The molecule has 0 radical (unpaired) electrons. The van der Waals surface area contributed by atoms with Crippen LogP contribution in [0.25, 0.3) is 0 Å². The number of nitrogens with one attached hydrogen (secondary N) is 2. The van der Waals surface area contributed by atoms with Crippen molar-refractivity contribution in [3.05, 3.63) is 59.7 Å². The van der Waals surface area contributed by atoms with Gasteiger partial charge in [0.2, 0.25) is 0 Å². The van der Waals surface area contributed by atoms with Crippen molar-refractivity contribution in [2.75, 3.05) is 5.32 Å². The van der Waals surface area contributed by atoms with Crippen molar-refractivity contribution < 1.29 is 14.7 Å². The summed E-state index contributed by atoms with van der Waals surface area (Å²) in [5.41, 5.74) is 3.73. The molecule has 2 amide bonds. The van der Waals surface area contributed by atoms with E-state index >= 15 is 0 Å². The van der Waals surface area contributed by atoms with Gasteiger partial charge in [-0.1, -0.05) is 24.3 Å². The Bertz CT molecular complexity index is 807. The predicted molar refractivity (Wildman–Crippen MR) is 88.2 cm³/mol. The van der Waals surface area contributed by atoms with Gasteiger partial charge in [-0.3, -0.25) is 9.59 Å². The van der Waals surface area contributed by atoms with E-state index in [-0.39, 0.29) is 12.2 Å². The monoisotopic (exact) mass is 322 g/mol. The lowest BCUT2D eigenvalue weighted by atomic mass is 10.1. The van der Waals surface area contributed by atoms with Gasteiger partial charge >= 0.3 is 11.8 Å². The number of hydrogen-bond acceptors (Lipinski definition) is 5. The van der Waals surface area contributed by atoms with Gasteiger partial charge in [-0.05, 0) is 29.8 Å². The molecule has 24 heavy (non-hydrogen) atoms. The minimum Gasteiger partial charge on any atom is -0.507 e. The van der Waals surface area contributed by atoms with Crippen LogP contribution in [-0.2, 0) is 16.0 Å². The molecule has 2 aromatic rings. The summed E-state index contributed by atoms with van der Waals surface area (Å²) in [6.45, 7) is 0. The Morgan fingerprint density at radius 3 is 2.50 bits per heavy atom. The van der Waals surface area contributed by atoms with Crippen molar-refractivity contribution >= 4 is 23.7 Å². The van der Waals surface area contributed by atoms with E-state index in [9.17, 15) is 14.7 Å². The largest absolute Gasteiger partial charge is 0.507 e. The summed E-state index contributed by atoms with van der Waals surface area (Å²) in [7, 11) is 0. The smallest absolute Gasteiger partial charge is 0.329 e. The molecule has 0 atom stereocenters. The standard InChI is InChI=1S/C17H14N4O3/c18-10-9-12-5-7-14(8-6-12)20-16(23)17(24)21-19-11-13-3-1-2-4-15(13)22/h1-8,11,22H,9H2,(H,20,23)(H,21,24). The highest BCUT2D eigenvalue weighted by Crippen LogP contribution is 2.12. The first-order valence-electron chi connectivity index (χ1n) is 6.98.